The first-order valence-electron chi connectivity index (χ1n) is 9.13. The van der Waals surface area contributed by atoms with E-state index in [-0.39, 0.29) is 22.3 Å². The molecule has 1 atom stereocenters. The lowest BCUT2D eigenvalue weighted by Crippen LogP contribution is -2.50. The molecule has 168 valence electrons. The van der Waals surface area contributed by atoms with Crippen molar-refractivity contribution >= 4 is 62.3 Å². The number of nitrogens with zero attached hydrogens (tertiary/aromatic N) is 2. The molecule has 1 unspecified atom stereocenters. The molecule has 2 aromatic carbocycles. The largest absolute Gasteiger partial charge is 0.357 e. The van der Waals surface area contributed by atoms with Crippen LogP contribution in [0.4, 0.5) is 5.69 Å². The van der Waals surface area contributed by atoms with Crippen LogP contribution >= 0.6 is 34.8 Å². The predicted molar refractivity (Wildman–Crippen MR) is 124 cm³/mol. The molecule has 0 radical (unpaired) electrons. The van der Waals surface area contributed by atoms with Gasteiger partial charge in [-0.2, -0.15) is 0 Å². The van der Waals surface area contributed by atoms with Crippen molar-refractivity contribution in [3.8, 4) is 0 Å². The number of hydrogen-bond donors (Lipinski definition) is 1. The minimum atomic E-state index is -3.85. The summed E-state index contributed by atoms with van der Waals surface area (Å²) in [6, 6.07) is 10.3. The molecule has 0 spiro atoms. The van der Waals surface area contributed by atoms with Gasteiger partial charge in [-0.3, -0.25) is 13.9 Å². The van der Waals surface area contributed by atoms with Crippen LogP contribution in [0.25, 0.3) is 0 Å². The number of carbonyl (C=O) groups is 2. The van der Waals surface area contributed by atoms with Crippen molar-refractivity contribution in [1.82, 2.24) is 10.2 Å². The number of carbonyl (C=O) groups excluding carboxylic acids is 2. The lowest BCUT2D eigenvalue weighted by atomic mass is 10.1. The van der Waals surface area contributed by atoms with E-state index in [1.165, 1.54) is 30.1 Å². The fraction of sp³-hybridized carbons (Fsp3) is 0.300. The second-order valence-corrected chi connectivity index (χ2v) is 9.90. The van der Waals surface area contributed by atoms with E-state index < -0.39 is 34.4 Å². The van der Waals surface area contributed by atoms with Crippen LogP contribution in [0.3, 0.4) is 0 Å². The fourth-order valence-electron chi connectivity index (χ4n) is 2.86. The van der Waals surface area contributed by atoms with E-state index in [1.807, 2.05) is 0 Å². The molecule has 0 saturated carbocycles. The summed E-state index contributed by atoms with van der Waals surface area (Å²) >= 11 is 18.2. The average molecular weight is 507 g/mol. The Morgan fingerprint density at radius 3 is 2.23 bits per heavy atom. The summed E-state index contributed by atoms with van der Waals surface area (Å²) in [5.74, 6) is -0.992. The molecule has 0 aliphatic heterocycles. The van der Waals surface area contributed by atoms with Gasteiger partial charge in [0.1, 0.15) is 12.6 Å². The zero-order chi connectivity index (χ0) is 23.3. The van der Waals surface area contributed by atoms with Crippen LogP contribution in [0.2, 0.25) is 15.1 Å². The quantitative estimate of drug-likeness (QED) is 0.593. The van der Waals surface area contributed by atoms with Crippen LogP contribution < -0.4 is 9.62 Å². The molecule has 11 heteroatoms. The second-order valence-electron chi connectivity index (χ2n) is 6.77. The van der Waals surface area contributed by atoms with Crippen molar-refractivity contribution in [2.45, 2.75) is 19.5 Å². The molecule has 0 fully saturated rings. The molecule has 0 heterocycles. The minimum Gasteiger partial charge on any atom is -0.357 e. The Kier molecular flexibility index (Phi) is 8.59. The maximum absolute atomic E-state index is 13.2. The van der Waals surface area contributed by atoms with E-state index in [0.717, 1.165) is 10.6 Å². The number of benzene rings is 2. The third kappa shape index (κ3) is 6.49. The van der Waals surface area contributed by atoms with Gasteiger partial charge in [-0.1, -0.05) is 53.0 Å². The third-order valence-electron chi connectivity index (χ3n) is 4.58. The van der Waals surface area contributed by atoms with E-state index >= 15 is 0 Å². The number of halogens is 3. The Labute approximate surface area is 196 Å². The summed E-state index contributed by atoms with van der Waals surface area (Å²) < 4.78 is 25.8. The van der Waals surface area contributed by atoms with Crippen molar-refractivity contribution in [3.63, 3.8) is 0 Å². The van der Waals surface area contributed by atoms with Crippen molar-refractivity contribution in [1.29, 1.82) is 0 Å². The zero-order valence-electron chi connectivity index (χ0n) is 17.1. The molecule has 0 bridgehead atoms. The van der Waals surface area contributed by atoms with Crippen molar-refractivity contribution in [2.75, 3.05) is 24.2 Å². The molecule has 0 aromatic heterocycles. The van der Waals surface area contributed by atoms with Crippen LogP contribution in [-0.2, 0) is 26.2 Å². The van der Waals surface area contributed by atoms with Crippen LogP contribution in [0.5, 0.6) is 0 Å². The number of amides is 2. The van der Waals surface area contributed by atoms with Gasteiger partial charge in [0.2, 0.25) is 21.8 Å². The highest BCUT2D eigenvalue weighted by Crippen LogP contribution is 2.28. The van der Waals surface area contributed by atoms with Gasteiger partial charge in [0.05, 0.1) is 22.0 Å². The van der Waals surface area contributed by atoms with Crippen molar-refractivity contribution in [3.05, 3.63) is 63.1 Å². The number of hydrogen-bond acceptors (Lipinski definition) is 4. The third-order valence-corrected chi connectivity index (χ3v) is 6.83. The second kappa shape index (κ2) is 10.5. The number of likely N-dealkylation sites (N-methyl/N-ethyl adjacent to an activating group) is 1. The lowest BCUT2D eigenvalue weighted by molar-refractivity contribution is -0.139. The van der Waals surface area contributed by atoms with E-state index in [4.69, 9.17) is 34.8 Å². The zero-order valence-corrected chi connectivity index (χ0v) is 20.2. The smallest absolute Gasteiger partial charge is 0.244 e. The molecular weight excluding hydrogens is 485 g/mol. The van der Waals surface area contributed by atoms with Gasteiger partial charge >= 0.3 is 0 Å². The van der Waals surface area contributed by atoms with E-state index in [2.05, 4.69) is 5.32 Å². The summed E-state index contributed by atoms with van der Waals surface area (Å²) in [6.07, 6.45) is 0.976. The van der Waals surface area contributed by atoms with Gasteiger partial charge in [-0.25, -0.2) is 8.42 Å². The lowest BCUT2D eigenvalue weighted by Gasteiger charge is -2.31. The topological polar surface area (TPSA) is 86.8 Å². The van der Waals surface area contributed by atoms with E-state index in [1.54, 1.807) is 31.2 Å². The van der Waals surface area contributed by atoms with Crippen molar-refractivity contribution < 1.29 is 18.0 Å². The fourth-order valence-corrected chi connectivity index (χ4v) is 4.18. The minimum absolute atomic E-state index is 0.0199. The van der Waals surface area contributed by atoms with Crippen LogP contribution in [-0.4, -0.2) is 51.0 Å². The van der Waals surface area contributed by atoms with Crippen LogP contribution in [0.15, 0.2) is 42.5 Å². The van der Waals surface area contributed by atoms with Crippen molar-refractivity contribution in [2.24, 2.45) is 0 Å². The van der Waals surface area contributed by atoms with Gasteiger partial charge in [0, 0.05) is 18.6 Å². The Morgan fingerprint density at radius 2 is 1.68 bits per heavy atom. The SMILES string of the molecule is CNC(=O)C(C)N(Cc1ccccc1Cl)C(=O)CN(c1ccc(Cl)c(Cl)c1)S(C)(=O)=O. The molecule has 7 nitrogen and oxygen atoms in total. The number of anilines is 1. The van der Waals surface area contributed by atoms with Gasteiger partial charge in [0.25, 0.3) is 0 Å². The Bertz CT molecular complexity index is 1080. The average Bonchev–Trinajstić information content (AvgIpc) is 2.71. The van der Waals surface area contributed by atoms with Gasteiger partial charge in [-0.15, -0.1) is 0 Å². The van der Waals surface area contributed by atoms with Crippen LogP contribution in [0, 0.1) is 0 Å². The molecule has 0 saturated heterocycles. The van der Waals surface area contributed by atoms with Crippen LogP contribution in [0.1, 0.15) is 12.5 Å². The van der Waals surface area contributed by atoms with E-state index in [9.17, 15) is 18.0 Å². The molecule has 2 amide bonds. The maximum atomic E-state index is 13.2. The predicted octanol–water partition coefficient (Wildman–Crippen LogP) is 3.58. The van der Waals surface area contributed by atoms with E-state index in [0.29, 0.717) is 10.6 Å². The Morgan fingerprint density at radius 1 is 1.03 bits per heavy atom. The van der Waals surface area contributed by atoms with Gasteiger partial charge in [-0.05, 0) is 36.8 Å². The first kappa shape index (κ1) is 25.3. The van der Waals surface area contributed by atoms with Gasteiger partial charge < -0.3 is 10.2 Å². The Hall–Kier alpha value is -2.00. The molecule has 2 rings (SSSR count). The molecule has 1 N–H and O–H groups in total. The normalized spacial score (nSPS) is 12.2. The molecule has 0 aliphatic carbocycles. The number of nitrogens with one attached hydrogen (secondary N) is 1. The first-order chi connectivity index (χ1) is 14.5. The summed E-state index contributed by atoms with van der Waals surface area (Å²) in [7, 11) is -2.40. The van der Waals surface area contributed by atoms with Gasteiger partial charge in [0.15, 0.2) is 0 Å². The molecule has 2 aromatic rings. The molecule has 31 heavy (non-hydrogen) atoms. The monoisotopic (exact) mass is 505 g/mol. The molecule has 0 aliphatic rings. The highest BCUT2D eigenvalue weighted by molar-refractivity contribution is 7.92. The summed E-state index contributed by atoms with van der Waals surface area (Å²) in [6.45, 7) is 1.03. The summed E-state index contributed by atoms with van der Waals surface area (Å²) in [5, 5.41) is 3.32. The molecular formula is C20H22Cl3N3O4S. The summed E-state index contributed by atoms with van der Waals surface area (Å²) in [4.78, 5) is 26.8. The standard InChI is InChI=1S/C20H22Cl3N3O4S/c1-13(20(28)24-2)25(11-14-6-4-5-7-16(14)21)19(27)12-26(31(3,29)30)15-8-9-17(22)18(23)10-15/h4-10,13H,11-12H2,1-3H3,(H,24,28). The Balaban J connectivity index is 2.42. The highest BCUT2D eigenvalue weighted by Gasteiger charge is 2.30. The highest BCUT2D eigenvalue weighted by atomic mass is 35.5. The number of sulfonamides is 1. The first-order valence-corrected chi connectivity index (χ1v) is 12.1. The maximum Gasteiger partial charge on any atom is 0.244 e. The number of rotatable bonds is 8. The summed E-state index contributed by atoms with van der Waals surface area (Å²) in [5.41, 5.74) is 0.796.